The molecule has 0 aliphatic carbocycles. The minimum atomic E-state index is 0.308. The Morgan fingerprint density at radius 1 is 1.24 bits per heavy atom. The smallest absolute Gasteiger partial charge is 0.0726 e. The van der Waals surface area contributed by atoms with Crippen molar-refractivity contribution in [2.45, 2.75) is 33.0 Å². The molecule has 1 saturated heterocycles. The van der Waals surface area contributed by atoms with Gasteiger partial charge in [0.1, 0.15) is 0 Å². The van der Waals surface area contributed by atoms with E-state index in [1.54, 1.807) is 0 Å². The minimum Gasteiger partial charge on any atom is -0.388 e. The number of nitrogens with one attached hydrogen (secondary N) is 1. The zero-order chi connectivity index (χ0) is 12.4. The molecule has 0 aromatic heterocycles. The average molecular weight is 234 g/mol. The molecule has 0 radical (unpaired) electrons. The third kappa shape index (κ3) is 2.72. The summed E-state index contributed by atoms with van der Waals surface area (Å²) >= 11 is 0. The number of rotatable bonds is 2. The molecule has 2 unspecified atom stereocenters. The molecule has 3 heteroatoms. The maximum absolute atomic E-state index is 5.76. The van der Waals surface area contributed by atoms with Crippen LogP contribution < -0.4 is 10.2 Å². The molecule has 1 aliphatic heterocycles. The van der Waals surface area contributed by atoms with E-state index in [4.69, 9.17) is 4.74 Å². The van der Waals surface area contributed by atoms with Crippen LogP contribution in [0.5, 0.6) is 0 Å². The lowest BCUT2D eigenvalue weighted by molar-refractivity contribution is -0.00521. The second-order valence-corrected chi connectivity index (χ2v) is 4.91. The summed E-state index contributed by atoms with van der Waals surface area (Å²) in [6.45, 7) is 8.36. The molecule has 0 bridgehead atoms. The molecule has 2 atom stereocenters. The zero-order valence-corrected chi connectivity index (χ0v) is 11.2. The molecule has 1 N–H and O–H groups in total. The second-order valence-electron chi connectivity index (χ2n) is 4.91. The Balaban J connectivity index is 2.19. The summed E-state index contributed by atoms with van der Waals surface area (Å²) in [5.41, 5.74) is 3.78. The molecule has 1 aromatic rings. The highest BCUT2D eigenvalue weighted by Gasteiger charge is 2.22. The standard InChI is InChI=1S/C14H22N2O/c1-10-7-13(5-6-14(10)15-4)16-8-11(2)17-12(3)9-16/h5-7,11-12,15H,8-9H2,1-4H3. The molecule has 1 aliphatic rings. The lowest BCUT2D eigenvalue weighted by Gasteiger charge is -2.37. The molecule has 17 heavy (non-hydrogen) atoms. The zero-order valence-electron chi connectivity index (χ0n) is 11.2. The van der Waals surface area contributed by atoms with Crippen LogP contribution in [-0.2, 0) is 4.74 Å². The Morgan fingerprint density at radius 3 is 2.41 bits per heavy atom. The highest BCUT2D eigenvalue weighted by molar-refractivity contribution is 5.60. The topological polar surface area (TPSA) is 24.5 Å². The van der Waals surface area contributed by atoms with Gasteiger partial charge >= 0.3 is 0 Å². The molecular weight excluding hydrogens is 212 g/mol. The minimum absolute atomic E-state index is 0.308. The first-order valence-corrected chi connectivity index (χ1v) is 6.29. The fourth-order valence-corrected chi connectivity index (χ4v) is 2.51. The normalized spacial score (nSPS) is 24.8. The maximum Gasteiger partial charge on any atom is 0.0726 e. The number of hydrogen-bond acceptors (Lipinski definition) is 3. The molecule has 94 valence electrons. The van der Waals surface area contributed by atoms with Gasteiger partial charge in [0.25, 0.3) is 0 Å². The van der Waals surface area contributed by atoms with Gasteiger partial charge in [0, 0.05) is 31.5 Å². The van der Waals surface area contributed by atoms with Crippen molar-refractivity contribution in [3.05, 3.63) is 23.8 Å². The summed E-state index contributed by atoms with van der Waals surface area (Å²) in [7, 11) is 1.96. The number of aryl methyl sites for hydroxylation is 1. The number of benzene rings is 1. The van der Waals surface area contributed by atoms with Gasteiger partial charge in [0.15, 0.2) is 0 Å². The molecular formula is C14H22N2O. The van der Waals surface area contributed by atoms with E-state index in [0.717, 1.165) is 13.1 Å². The molecule has 2 rings (SSSR count). The SMILES string of the molecule is CNc1ccc(N2CC(C)OC(C)C2)cc1C. The van der Waals surface area contributed by atoms with E-state index in [1.165, 1.54) is 16.9 Å². The summed E-state index contributed by atoms with van der Waals surface area (Å²) in [5, 5.41) is 3.20. The van der Waals surface area contributed by atoms with Crippen molar-refractivity contribution in [1.29, 1.82) is 0 Å². The number of nitrogens with zero attached hydrogens (tertiary/aromatic N) is 1. The van der Waals surface area contributed by atoms with Crippen molar-refractivity contribution in [3.63, 3.8) is 0 Å². The molecule has 0 spiro atoms. The third-order valence-electron chi connectivity index (χ3n) is 3.26. The number of hydrogen-bond donors (Lipinski definition) is 1. The van der Waals surface area contributed by atoms with Gasteiger partial charge in [0.05, 0.1) is 12.2 Å². The Bertz CT molecular complexity index is 382. The van der Waals surface area contributed by atoms with E-state index in [-0.39, 0.29) is 0 Å². The van der Waals surface area contributed by atoms with Crippen molar-refractivity contribution in [1.82, 2.24) is 0 Å². The van der Waals surface area contributed by atoms with Gasteiger partial charge in [-0.3, -0.25) is 0 Å². The van der Waals surface area contributed by atoms with Crippen molar-refractivity contribution in [3.8, 4) is 0 Å². The van der Waals surface area contributed by atoms with Crippen LogP contribution in [0.15, 0.2) is 18.2 Å². The van der Waals surface area contributed by atoms with Crippen LogP contribution >= 0.6 is 0 Å². The quantitative estimate of drug-likeness (QED) is 0.851. The fourth-order valence-electron chi connectivity index (χ4n) is 2.51. The molecule has 0 amide bonds. The highest BCUT2D eigenvalue weighted by Crippen LogP contribution is 2.25. The van der Waals surface area contributed by atoms with Crippen LogP contribution in [-0.4, -0.2) is 32.3 Å². The first-order valence-electron chi connectivity index (χ1n) is 6.29. The summed E-state index contributed by atoms with van der Waals surface area (Å²) < 4.78 is 5.76. The lowest BCUT2D eigenvalue weighted by Crippen LogP contribution is -2.45. The van der Waals surface area contributed by atoms with Gasteiger partial charge in [-0.05, 0) is 44.5 Å². The number of anilines is 2. The fraction of sp³-hybridized carbons (Fsp3) is 0.571. The van der Waals surface area contributed by atoms with Crippen LogP contribution in [0.25, 0.3) is 0 Å². The lowest BCUT2D eigenvalue weighted by atomic mass is 10.1. The van der Waals surface area contributed by atoms with Gasteiger partial charge in [-0.1, -0.05) is 0 Å². The Morgan fingerprint density at radius 2 is 1.88 bits per heavy atom. The van der Waals surface area contributed by atoms with Gasteiger partial charge in [-0.15, -0.1) is 0 Å². The van der Waals surface area contributed by atoms with E-state index in [1.807, 2.05) is 7.05 Å². The summed E-state index contributed by atoms with van der Waals surface area (Å²) in [6, 6.07) is 6.58. The Hall–Kier alpha value is -1.22. The summed E-state index contributed by atoms with van der Waals surface area (Å²) in [4.78, 5) is 2.41. The predicted octanol–water partition coefficient (Wildman–Crippen LogP) is 2.65. The molecule has 3 nitrogen and oxygen atoms in total. The third-order valence-corrected chi connectivity index (χ3v) is 3.26. The van der Waals surface area contributed by atoms with E-state index < -0.39 is 0 Å². The molecule has 1 heterocycles. The average Bonchev–Trinajstić information content (AvgIpc) is 2.27. The first kappa shape index (κ1) is 12.2. The van der Waals surface area contributed by atoms with Crippen molar-refractivity contribution in [2.75, 3.05) is 30.4 Å². The van der Waals surface area contributed by atoms with Crippen LogP contribution in [0.2, 0.25) is 0 Å². The van der Waals surface area contributed by atoms with Gasteiger partial charge in [-0.25, -0.2) is 0 Å². The van der Waals surface area contributed by atoms with Gasteiger partial charge in [-0.2, -0.15) is 0 Å². The van der Waals surface area contributed by atoms with Crippen LogP contribution in [0.1, 0.15) is 19.4 Å². The number of morpholine rings is 1. The number of ether oxygens (including phenoxy) is 1. The predicted molar refractivity (Wildman–Crippen MR) is 72.9 cm³/mol. The van der Waals surface area contributed by atoms with Crippen LogP contribution in [0.4, 0.5) is 11.4 Å². The molecule has 0 saturated carbocycles. The summed E-state index contributed by atoms with van der Waals surface area (Å²) in [5.74, 6) is 0. The van der Waals surface area contributed by atoms with Crippen LogP contribution in [0.3, 0.4) is 0 Å². The monoisotopic (exact) mass is 234 g/mol. The van der Waals surface area contributed by atoms with E-state index in [2.05, 4.69) is 49.2 Å². The van der Waals surface area contributed by atoms with Crippen molar-refractivity contribution in [2.24, 2.45) is 0 Å². The highest BCUT2D eigenvalue weighted by atomic mass is 16.5. The van der Waals surface area contributed by atoms with Crippen LogP contribution in [0, 0.1) is 6.92 Å². The Kier molecular flexibility index (Phi) is 3.57. The van der Waals surface area contributed by atoms with Crippen molar-refractivity contribution >= 4 is 11.4 Å². The molecule has 1 fully saturated rings. The van der Waals surface area contributed by atoms with Crippen molar-refractivity contribution < 1.29 is 4.74 Å². The van der Waals surface area contributed by atoms with Gasteiger partial charge < -0.3 is 15.0 Å². The first-order chi connectivity index (χ1) is 8.10. The Labute approximate surface area is 104 Å². The summed E-state index contributed by atoms with van der Waals surface area (Å²) in [6.07, 6.45) is 0.617. The van der Waals surface area contributed by atoms with E-state index in [0.29, 0.717) is 12.2 Å². The van der Waals surface area contributed by atoms with Gasteiger partial charge in [0.2, 0.25) is 0 Å². The van der Waals surface area contributed by atoms with E-state index in [9.17, 15) is 0 Å². The van der Waals surface area contributed by atoms with E-state index >= 15 is 0 Å². The largest absolute Gasteiger partial charge is 0.388 e. The maximum atomic E-state index is 5.76. The molecule has 1 aromatic carbocycles. The second kappa shape index (κ2) is 4.96.